The van der Waals surface area contributed by atoms with Gasteiger partial charge >= 0.3 is 5.97 Å². The summed E-state index contributed by atoms with van der Waals surface area (Å²) in [5.74, 6) is -0.925. The van der Waals surface area contributed by atoms with Crippen molar-refractivity contribution in [3.8, 4) is 0 Å². The average molecular weight is 325 g/mol. The molecule has 0 radical (unpaired) electrons. The Hall–Kier alpha value is -1.09. The highest BCUT2D eigenvalue weighted by Gasteiger charge is 2.02. The van der Waals surface area contributed by atoms with Crippen LogP contribution in [0.5, 0.6) is 0 Å². The molecule has 0 aliphatic rings. The quantitative estimate of drug-likeness (QED) is 0.219. The molecule has 1 atom stereocenters. The topological polar surface area (TPSA) is 57.5 Å². The molecule has 0 fully saturated rings. The molecule has 3 heteroatoms. The summed E-state index contributed by atoms with van der Waals surface area (Å²) in [5, 5.41) is 18.3. The Morgan fingerprint density at radius 3 is 2.04 bits per heavy atom. The van der Waals surface area contributed by atoms with Crippen molar-refractivity contribution in [3.63, 3.8) is 0 Å². The lowest BCUT2D eigenvalue weighted by Gasteiger charge is -2.09. The molecular weight excluding hydrogens is 288 g/mol. The average Bonchev–Trinajstić information content (AvgIpc) is 2.52. The molecule has 1 unspecified atom stereocenters. The summed E-state index contributed by atoms with van der Waals surface area (Å²) in [4.78, 5) is 10.2. The van der Waals surface area contributed by atoms with Crippen LogP contribution in [0.25, 0.3) is 0 Å². The zero-order valence-electron chi connectivity index (χ0n) is 14.9. The highest BCUT2D eigenvalue weighted by atomic mass is 16.4. The highest BCUT2D eigenvalue weighted by Crippen LogP contribution is 2.13. The van der Waals surface area contributed by atoms with Gasteiger partial charge in [-0.3, -0.25) is 0 Å². The largest absolute Gasteiger partial charge is 0.478 e. The molecule has 0 aromatic heterocycles. The molecular formula is C20H36O3. The molecule has 0 saturated heterocycles. The number of rotatable bonds is 16. The monoisotopic (exact) mass is 324 g/mol. The van der Waals surface area contributed by atoms with Crippen molar-refractivity contribution in [2.75, 3.05) is 0 Å². The van der Waals surface area contributed by atoms with Crippen molar-refractivity contribution in [3.05, 3.63) is 24.3 Å². The lowest BCUT2D eigenvalue weighted by atomic mass is 10.0. The first-order valence-electron chi connectivity index (χ1n) is 9.41. The lowest BCUT2D eigenvalue weighted by Crippen LogP contribution is -2.05. The standard InChI is InChI=1S/C20H36O3/c1-2-3-4-5-6-7-8-10-13-16-19(21)17-14-11-9-12-15-18-20(22)23/h9,12,15,18-19,21H,2-8,10-11,13-14,16-17H2,1H3,(H,22,23)/b12-9+,18-15+. The molecule has 0 aliphatic heterocycles. The highest BCUT2D eigenvalue weighted by molar-refractivity contribution is 5.80. The van der Waals surface area contributed by atoms with Crippen molar-refractivity contribution < 1.29 is 15.0 Å². The summed E-state index contributed by atoms with van der Waals surface area (Å²) in [6.45, 7) is 2.25. The van der Waals surface area contributed by atoms with Gasteiger partial charge in [-0.15, -0.1) is 0 Å². The first-order valence-corrected chi connectivity index (χ1v) is 9.41. The first kappa shape index (κ1) is 21.9. The summed E-state index contributed by atoms with van der Waals surface area (Å²) in [5.41, 5.74) is 0. The van der Waals surface area contributed by atoms with E-state index in [1.165, 1.54) is 57.4 Å². The van der Waals surface area contributed by atoms with Crippen LogP contribution in [0.2, 0.25) is 0 Å². The molecule has 23 heavy (non-hydrogen) atoms. The van der Waals surface area contributed by atoms with Gasteiger partial charge in [0.25, 0.3) is 0 Å². The molecule has 2 N–H and O–H groups in total. The predicted octanol–water partition coefficient (Wildman–Crippen LogP) is 5.64. The van der Waals surface area contributed by atoms with Gasteiger partial charge in [0.15, 0.2) is 0 Å². The van der Waals surface area contributed by atoms with E-state index in [0.717, 1.165) is 38.2 Å². The number of hydrogen-bond donors (Lipinski definition) is 2. The SMILES string of the molecule is CCCCCCCCCCCC(O)CCC/C=C/C=C/C(=O)O. The van der Waals surface area contributed by atoms with Crippen LogP contribution in [0.3, 0.4) is 0 Å². The fraction of sp³-hybridized carbons (Fsp3) is 0.750. The Bertz CT molecular complexity index is 321. The van der Waals surface area contributed by atoms with Crippen LogP contribution < -0.4 is 0 Å². The molecule has 0 aromatic rings. The van der Waals surface area contributed by atoms with Gasteiger partial charge < -0.3 is 10.2 Å². The molecule has 3 nitrogen and oxygen atoms in total. The number of unbranched alkanes of at least 4 members (excludes halogenated alkanes) is 9. The van der Waals surface area contributed by atoms with Crippen LogP contribution in [0.15, 0.2) is 24.3 Å². The lowest BCUT2D eigenvalue weighted by molar-refractivity contribution is -0.131. The molecule has 0 saturated carbocycles. The summed E-state index contributed by atoms with van der Waals surface area (Å²) in [6.07, 6.45) is 21.6. The van der Waals surface area contributed by atoms with Gasteiger partial charge in [-0.05, 0) is 25.7 Å². The van der Waals surface area contributed by atoms with Crippen molar-refractivity contribution in [2.45, 2.75) is 96.5 Å². The fourth-order valence-electron chi connectivity index (χ4n) is 2.62. The Labute approximate surface area is 142 Å². The number of hydrogen-bond acceptors (Lipinski definition) is 2. The number of allylic oxidation sites excluding steroid dienone is 3. The van der Waals surface area contributed by atoms with E-state index in [9.17, 15) is 9.90 Å². The van der Waals surface area contributed by atoms with Gasteiger partial charge in [-0.1, -0.05) is 82.9 Å². The van der Waals surface area contributed by atoms with E-state index in [4.69, 9.17) is 5.11 Å². The van der Waals surface area contributed by atoms with Crippen LogP contribution in [-0.2, 0) is 4.79 Å². The van der Waals surface area contributed by atoms with Crippen molar-refractivity contribution in [1.82, 2.24) is 0 Å². The first-order chi connectivity index (χ1) is 11.2. The molecule has 0 aromatic carbocycles. The zero-order valence-corrected chi connectivity index (χ0v) is 14.9. The van der Waals surface area contributed by atoms with Gasteiger partial charge in [0.05, 0.1) is 6.10 Å². The third-order valence-corrected chi connectivity index (χ3v) is 4.04. The van der Waals surface area contributed by atoms with Gasteiger partial charge in [-0.2, -0.15) is 0 Å². The van der Waals surface area contributed by atoms with Crippen LogP contribution >= 0.6 is 0 Å². The minimum absolute atomic E-state index is 0.178. The number of carbonyl (C=O) groups is 1. The van der Waals surface area contributed by atoms with Crippen LogP contribution in [0.4, 0.5) is 0 Å². The second-order valence-electron chi connectivity index (χ2n) is 6.33. The van der Waals surface area contributed by atoms with E-state index in [-0.39, 0.29) is 6.10 Å². The second kappa shape index (κ2) is 17.3. The zero-order chi connectivity index (χ0) is 17.2. The number of aliphatic hydroxyl groups is 1. The molecule has 0 amide bonds. The molecule has 0 spiro atoms. The maximum absolute atomic E-state index is 10.2. The number of carboxylic acid groups (broad SMARTS) is 1. The number of aliphatic carboxylic acids is 1. The van der Waals surface area contributed by atoms with E-state index >= 15 is 0 Å². The van der Waals surface area contributed by atoms with Gasteiger partial charge in [0.1, 0.15) is 0 Å². The van der Waals surface area contributed by atoms with Crippen molar-refractivity contribution in [2.24, 2.45) is 0 Å². The fourth-order valence-corrected chi connectivity index (χ4v) is 2.62. The summed E-state index contributed by atoms with van der Waals surface area (Å²) in [6, 6.07) is 0. The van der Waals surface area contributed by atoms with Crippen molar-refractivity contribution >= 4 is 5.97 Å². The van der Waals surface area contributed by atoms with Gasteiger partial charge in [0.2, 0.25) is 0 Å². The Balaban J connectivity index is 3.31. The van der Waals surface area contributed by atoms with Crippen LogP contribution in [0.1, 0.15) is 90.4 Å². The van der Waals surface area contributed by atoms with Crippen LogP contribution in [0, 0.1) is 0 Å². The minimum Gasteiger partial charge on any atom is -0.478 e. The minimum atomic E-state index is -0.925. The maximum Gasteiger partial charge on any atom is 0.328 e. The van der Waals surface area contributed by atoms with E-state index in [2.05, 4.69) is 6.92 Å². The number of carboxylic acids is 1. The Kier molecular flexibility index (Phi) is 16.4. The van der Waals surface area contributed by atoms with E-state index in [1.54, 1.807) is 6.08 Å². The molecule has 0 aliphatic carbocycles. The Morgan fingerprint density at radius 1 is 0.870 bits per heavy atom. The normalized spacial score (nSPS) is 13.1. The van der Waals surface area contributed by atoms with Gasteiger partial charge in [0, 0.05) is 6.08 Å². The molecule has 0 rings (SSSR count). The van der Waals surface area contributed by atoms with E-state index in [1.807, 2.05) is 6.08 Å². The van der Waals surface area contributed by atoms with Crippen LogP contribution in [-0.4, -0.2) is 22.3 Å². The summed E-state index contributed by atoms with van der Waals surface area (Å²) in [7, 11) is 0. The van der Waals surface area contributed by atoms with E-state index in [0.29, 0.717) is 0 Å². The third kappa shape index (κ3) is 18.9. The third-order valence-electron chi connectivity index (χ3n) is 4.04. The molecule has 0 heterocycles. The van der Waals surface area contributed by atoms with E-state index < -0.39 is 5.97 Å². The van der Waals surface area contributed by atoms with Crippen molar-refractivity contribution in [1.29, 1.82) is 0 Å². The molecule has 0 bridgehead atoms. The maximum atomic E-state index is 10.2. The predicted molar refractivity (Wildman–Crippen MR) is 97.6 cm³/mol. The second-order valence-corrected chi connectivity index (χ2v) is 6.33. The van der Waals surface area contributed by atoms with Gasteiger partial charge in [-0.25, -0.2) is 4.79 Å². The Morgan fingerprint density at radius 2 is 1.43 bits per heavy atom. The summed E-state index contributed by atoms with van der Waals surface area (Å²) < 4.78 is 0. The number of aliphatic hydroxyl groups excluding tert-OH is 1. The smallest absolute Gasteiger partial charge is 0.328 e. The molecule has 134 valence electrons. The summed E-state index contributed by atoms with van der Waals surface area (Å²) >= 11 is 0.